The molecule has 5 nitrogen and oxygen atoms in total. The van der Waals surface area contributed by atoms with Crippen LogP contribution in [0.25, 0.3) is 0 Å². The Kier molecular flexibility index (Phi) is 5.93. The first-order valence-electron chi connectivity index (χ1n) is 7.08. The van der Waals surface area contributed by atoms with Crippen molar-refractivity contribution in [2.45, 2.75) is 24.4 Å². The molecular weight excluding hydrogens is 355 g/mol. The van der Waals surface area contributed by atoms with Crippen LogP contribution in [0.3, 0.4) is 0 Å². The summed E-state index contributed by atoms with van der Waals surface area (Å²) in [4.78, 5) is 12.0. The molecule has 0 radical (unpaired) electrons. The average Bonchev–Trinajstić information content (AvgIpc) is 2.54. The van der Waals surface area contributed by atoms with Gasteiger partial charge in [-0.05, 0) is 48.9 Å². The second-order valence-corrected chi connectivity index (χ2v) is 7.29. The van der Waals surface area contributed by atoms with Crippen molar-refractivity contribution in [3.63, 3.8) is 0 Å². The molecule has 0 bridgehead atoms. The lowest BCUT2D eigenvalue weighted by Crippen LogP contribution is -2.44. The number of benzene rings is 2. The van der Waals surface area contributed by atoms with Crippen LogP contribution in [0.5, 0.6) is 0 Å². The minimum atomic E-state index is -3.83. The predicted molar refractivity (Wildman–Crippen MR) is 89.5 cm³/mol. The molecule has 2 rings (SSSR count). The maximum atomic E-state index is 12.8. The van der Waals surface area contributed by atoms with Crippen LogP contribution in [-0.2, 0) is 21.4 Å². The first-order chi connectivity index (χ1) is 11.3. The van der Waals surface area contributed by atoms with Gasteiger partial charge < -0.3 is 5.32 Å². The Hall–Kier alpha value is -1.96. The molecule has 0 aliphatic rings. The highest BCUT2D eigenvalue weighted by molar-refractivity contribution is 7.89. The topological polar surface area (TPSA) is 75.3 Å². The molecule has 0 saturated heterocycles. The van der Waals surface area contributed by atoms with Gasteiger partial charge in [-0.3, -0.25) is 4.79 Å². The minimum absolute atomic E-state index is 0.0186. The Balaban J connectivity index is 1.95. The summed E-state index contributed by atoms with van der Waals surface area (Å²) in [6.45, 7) is 1.61. The van der Waals surface area contributed by atoms with Crippen LogP contribution in [0, 0.1) is 5.82 Å². The van der Waals surface area contributed by atoms with E-state index in [0.717, 1.165) is 0 Å². The molecule has 8 heteroatoms. The number of amides is 1. The van der Waals surface area contributed by atoms with Gasteiger partial charge in [0.2, 0.25) is 15.9 Å². The molecular formula is C16H16ClFN2O3S. The fourth-order valence-corrected chi connectivity index (χ4v) is 3.24. The van der Waals surface area contributed by atoms with Crippen molar-refractivity contribution >= 4 is 27.5 Å². The first-order valence-corrected chi connectivity index (χ1v) is 8.94. The van der Waals surface area contributed by atoms with Gasteiger partial charge in [0.1, 0.15) is 5.82 Å². The van der Waals surface area contributed by atoms with Crippen molar-refractivity contribution in [1.29, 1.82) is 0 Å². The third kappa shape index (κ3) is 5.02. The van der Waals surface area contributed by atoms with E-state index in [0.29, 0.717) is 10.6 Å². The van der Waals surface area contributed by atoms with Crippen LogP contribution in [0.15, 0.2) is 53.4 Å². The van der Waals surface area contributed by atoms with Gasteiger partial charge in [-0.1, -0.05) is 23.7 Å². The molecule has 0 saturated carbocycles. The highest BCUT2D eigenvalue weighted by atomic mass is 35.5. The van der Waals surface area contributed by atoms with E-state index in [9.17, 15) is 17.6 Å². The zero-order chi connectivity index (χ0) is 17.7. The summed E-state index contributed by atoms with van der Waals surface area (Å²) in [5.41, 5.74) is 0.706. The maximum absolute atomic E-state index is 12.8. The van der Waals surface area contributed by atoms with Crippen LogP contribution >= 0.6 is 11.6 Å². The van der Waals surface area contributed by atoms with Crippen molar-refractivity contribution in [1.82, 2.24) is 10.0 Å². The van der Waals surface area contributed by atoms with Gasteiger partial charge in [0.05, 0.1) is 10.9 Å². The van der Waals surface area contributed by atoms with Crippen molar-refractivity contribution < 1.29 is 17.6 Å². The molecule has 2 aromatic rings. The fraction of sp³-hybridized carbons (Fsp3) is 0.188. The van der Waals surface area contributed by atoms with E-state index in [1.54, 1.807) is 0 Å². The van der Waals surface area contributed by atoms with Crippen LogP contribution in [0.4, 0.5) is 4.39 Å². The van der Waals surface area contributed by atoms with E-state index in [-0.39, 0.29) is 17.3 Å². The summed E-state index contributed by atoms with van der Waals surface area (Å²) in [7, 11) is -3.83. The lowest BCUT2D eigenvalue weighted by molar-refractivity contribution is -0.122. The van der Waals surface area contributed by atoms with E-state index in [1.807, 2.05) is 0 Å². The Morgan fingerprint density at radius 1 is 1.12 bits per heavy atom. The van der Waals surface area contributed by atoms with Gasteiger partial charge in [0.15, 0.2) is 0 Å². The third-order valence-electron chi connectivity index (χ3n) is 3.23. The van der Waals surface area contributed by atoms with Gasteiger partial charge in [0, 0.05) is 11.6 Å². The number of nitrogens with one attached hydrogen (secondary N) is 2. The average molecular weight is 371 g/mol. The molecule has 1 atom stereocenters. The molecule has 128 valence electrons. The maximum Gasteiger partial charge on any atom is 0.241 e. The van der Waals surface area contributed by atoms with Crippen LogP contribution in [0.1, 0.15) is 12.5 Å². The van der Waals surface area contributed by atoms with Crippen molar-refractivity contribution in [3.05, 3.63) is 64.9 Å². The summed E-state index contributed by atoms with van der Waals surface area (Å²) in [5.74, 6) is -0.856. The molecule has 0 aliphatic carbocycles. The zero-order valence-corrected chi connectivity index (χ0v) is 14.4. The Morgan fingerprint density at radius 3 is 2.29 bits per heavy atom. The third-order valence-corrected chi connectivity index (χ3v) is 5.04. The van der Waals surface area contributed by atoms with Gasteiger partial charge in [-0.15, -0.1) is 0 Å². The van der Waals surface area contributed by atoms with Crippen molar-refractivity contribution in [3.8, 4) is 0 Å². The second-order valence-electron chi connectivity index (χ2n) is 5.14. The molecule has 0 fully saturated rings. The van der Waals surface area contributed by atoms with Gasteiger partial charge in [0.25, 0.3) is 0 Å². The lowest BCUT2D eigenvalue weighted by Gasteiger charge is -2.14. The molecule has 2 N–H and O–H groups in total. The number of hydrogen-bond acceptors (Lipinski definition) is 3. The highest BCUT2D eigenvalue weighted by Crippen LogP contribution is 2.14. The summed E-state index contributed by atoms with van der Waals surface area (Å²) < 4.78 is 39.5. The fourth-order valence-electron chi connectivity index (χ4n) is 1.91. The molecule has 24 heavy (non-hydrogen) atoms. The zero-order valence-electron chi connectivity index (χ0n) is 12.8. The van der Waals surface area contributed by atoms with E-state index in [1.165, 1.54) is 55.5 Å². The molecule has 1 amide bonds. The Morgan fingerprint density at radius 2 is 1.71 bits per heavy atom. The standard InChI is InChI=1S/C16H16ClFN2O3S/c1-11(16(21)19-10-12-2-6-14(18)7-3-12)20-24(22,23)15-8-4-13(17)5-9-15/h2-9,11,20H,10H2,1H3,(H,19,21)/t11-/m1/s1. The van der Waals surface area contributed by atoms with Gasteiger partial charge in [-0.2, -0.15) is 4.72 Å². The first kappa shape index (κ1) is 18.4. The smallest absolute Gasteiger partial charge is 0.241 e. The van der Waals surface area contributed by atoms with E-state index in [4.69, 9.17) is 11.6 Å². The molecule has 0 heterocycles. The quantitative estimate of drug-likeness (QED) is 0.820. The normalized spacial score (nSPS) is 12.6. The van der Waals surface area contributed by atoms with Crippen molar-refractivity contribution in [2.75, 3.05) is 0 Å². The number of hydrogen-bond donors (Lipinski definition) is 2. The number of carbonyl (C=O) groups is 1. The minimum Gasteiger partial charge on any atom is -0.351 e. The Labute approximate surface area is 144 Å². The lowest BCUT2D eigenvalue weighted by atomic mass is 10.2. The monoisotopic (exact) mass is 370 g/mol. The van der Waals surface area contributed by atoms with E-state index >= 15 is 0 Å². The molecule has 0 unspecified atom stereocenters. The number of sulfonamides is 1. The summed E-state index contributed by atoms with van der Waals surface area (Å²) in [6.07, 6.45) is 0. The summed E-state index contributed by atoms with van der Waals surface area (Å²) in [6, 6.07) is 10.3. The van der Waals surface area contributed by atoms with E-state index in [2.05, 4.69) is 10.0 Å². The van der Waals surface area contributed by atoms with E-state index < -0.39 is 22.0 Å². The van der Waals surface area contributed by atoms with Crippen LogP contribution in [-0.4, -0.2) is 20.4 Å². The number of rotatable bonds is 6. The van der Waals surface area contributed by atoms with Gasteiger partial charge >= 0.3 is 0 Å². The molecule has 0 aliphatic heterocycles. The Bertz CT molecular complexity index is 808. The highest BCUT2D eigenvalue weighted by Gasteiger charge is 2.21. The molecule has 0 aromatic heterocycles. The molecule has 0 spiro atoms. The van der Waals surface area contributed by atoms with Crippen LogP contribution in [0.2, 0.25) is 5.02 Å². The van der Waals surface area contributed by atoms with Crippen molar-refractivity contribution in [2.24, 2.45) is 0 Å². The number of carbonyl (C=O) groups excluding carboxylic acids is 1. The predicted octanol–water partition coefficient (Wildman–Crippen LogP) is 2.46. The summed E-state index contributed by atoms with van der Waals surface area (Å²) >= 11 is 5.72. The SMILES string of the molecule is C[C@@H](NS(=O)(=O)c1ccc(Cl)cc1)C(=O)NCc1ccc(F)cc1. The summed E-state index contributed by atoms with van der Waals surface area (Å²) in [5, 5.41) is 3.01. The van der Waals surface area contributed by atoms with Gasteiger partial charge in [-0.25, -0.2) is 12.8 Å². The number of halogens is 2. The second kappa shape index (κ2) is 7.74. The largest absolute Gasteiger partial charge is 0.351 e. The molecule has 2 aromatic carbocycles. The van der Waals surface area contributed by atoms with Crippen LogP contribution < -0.4 is 10.0 Å².